The molecule has 0 aromatic carbocycles. The molecule has 0 radical (unpaired) electrons. The molecule has 0 heterocycles. The second-order valence-corrected chi connectivity index (χ2v) is 3.36. The van der Waals surface area contributed by atoms with Crippen LogP contribution in [0.1, 0.15) is 52.9 Å². The van der Waals surface area contributed by atoms with Crippen LogP contribution in [0.5, 0.6) is 0 Å². The van der Waals surface area contributed by atoms with E-state index in [1.165, 1.54) is 25.7 Å². The van der Waals surface area contributed by atoms with E-state index in [2.05, 4.69) is 6.92 Å². The van der Waals surface area contributed by atoms with Crippen molar-refractivity contribution in [2.24, 2.45) is 5.92 Å². The van der Waals surface area contributed by atoms with Crippen LogP contribution >= 0.6 is 0 Å². The number of Topliss-reactive ketones (excluding diaryl/α,β-unsaturated/α-hetero) is 1. The molecule has 1 nitrogen and oxygen atoms in total. The van der Waals surface area contributed by atoms with Crippen LogP contribution in [0.25, 0.3) is 0 Å². The Morgan fingerprint density at radius 2 is 1.91 bits per heavy atom. The maximum absolute atomic E-state index is 10.8. The average molecular weight is 156 g/mol. The van der Waals surface area contributed by atoms with Crippen LogP contribution in [0.4, 0.5) is 0 Å². The van der Waals surface area contributed by atoms with Crippen LogP contribution in [-0.2, 0) is 4.79 Å². The van der Waals surface area contributed by atoms with Crippen LogP contribution in [0.3, 0.4) is 0 Å². The normalized spacial score (nSPS) is 13.0. The zero-order chi connectivity index (χ0) is 8.69. The zero-order valence-corrected chi connectivity index (χ0v) is 8.02. The molecule has 0 spiro atoms. The molecular formula is C10H20O. The van der Waals surface area contributed by atoms with Gasteiger partial charge in [0, 0.05) is 5.92 Å². The molecule has 0 rings (SSSR count). The maximum Gasteiger partial charge on any atom is 0.132 e. The average Bonchev–Trinajstić information content (AvgIpc) is 1.97. The van der Waals surface area contributed by atoms with Gasteiger partial charge < -0.3 is 0 Å². The van der Waals surface area contributed by atoms with E-state index < -0.39 is 0 Å². The molecule has 0 aliphatic carbocycles. The fraction of sp³-hybridized carbons (Fsp3) is 0.900. The number of carbonyl (C=O) groups is 1. The van der Waals surface area contributed by atoms with Gasteiger partial charge in [0.05, 0.1) is 0 Å². The summed E-state index contributed by atoms with van der Waals surface area (Å²) in [5, 5.41) is 0. The van der Waals surface area contributed by atoms with E-state index in [9.17, 15) is 4.79 Å². The SMILES string of the molecule is CCCCCCC(C)C(C)=O. The van der Waals surface area contributed by atoms with Gasteiger partial charge in [-0.1, -0.05) is 39.5 Å². The van der Waals surface area contributed by atoms with Crippen molar-refractivity contribution < 1.29 is 4.79 Å². The Balaban J connectivity index is 3.17. The third-order valence-corrected chi connectivity index (χ3v) is 2.18. The molecule has 0 N–H and O–H groups in total. The lowest BCUT2D eigenvalue weighted by Crippen LogP contribution is -2.05. The Hall–Kier alpha value is -0.330. The molecule has 0 aromatic heterocycles. The summed E-state index contributed by atoms with van der Waals surface area (Å²) in [5.41, 5.74) is 0. The van der Waals surface area contributed by atoms with Crippen LogP contribution < -0.4 is 0 Å². The number of ketones is 1. The molecule has 1 atom stereocenters. The lowest BCUT2D eigenvalue weighted by Gasteiger charge is -2.05. The van der Waals surface area contributed by atoms with Crippen molar-refractivity contribution in [1.29, 1.82) is 0 Å². The van der Waals surface area contributed by atoms with Gasteiger partial charge in [-0.3, -0.25) is 4.79 Å². The molecule has 1 heteroatoms. The van der Waals surface area contributed by atoms with Gasteiger partial charge in [-0.25, -0.2) is 0 Å². The van der Waals surface area contributed by atoms with E-state index in [4.69, 9.17) is 0 Å². The van der Waals surface area contributed by atoms with E-state index in [-0.39, 0.29) is 5.92 Å². The van der Waals surface area contributed by atoms with Gasteiger partial charge in [-0.15, -0.1) is 0 Å². The number of carbonyl (C=O) groups excluding carboxylic acids is 1. The molecule has 0 saturated heterocycles. The quantitative estimate of drug-likeness (QED) is 0.540. The van der Waals surface area contributed by atoms with Crippen LogP contribution in [0.15, 0.2) is 0 Å². The topological polar surface area (TPSA) is 17.1 Å². The fourth-order valence-corrected chi connectivity index (χ4v) is 1.08. The third-order valence-electron chi connectivity index (χ3n) is 2.18. The fourth-order valence-electron chi connectivity index (χ4n) is 1.08. The van der Waals surface area contributed by atoms with Gasteiger partial charge in [-0.05, 0) is 13.3 Å². The van der Waals surface area contributed by atoms with Gasteiger partial charge in [0.25, 0.3) is 0 Å². The minimum absolute atomic E-state index is 0.284. The lowest BCUT2D eigenvalue weighted by atomic mass is 9.99. The smallest absolute Gasteiger partial charge is 0.132 e. The van der Waals surface area contributed by atoms with Crippen LogP contribution in [0, 0.1) is 5.92 Å². The summed E-state index contributed by atoms with van der Waals surface area (Å²) in [4.78, 5) is 10.8. The van der Waals surface area contributed by atoms with Crippen molar-refractivity contribution in [3.63, 3.8) is 0 Å². The number of hydrogen-bond acceptors (Lipinski definition) is 1. The first-order valence-electron chi connectivity index (χ1n) is 4.69. The summed E-state index contributed by atoms with van der Waals surface area (Å²) in [6, 6.07) is 0. The highest BCUT2D eigenvalue weighted by atomic mass is 16.1. The molecule has 66 valence electrons. The number of unbranched alkanes of at least 4 members (excludes halogenated alkanes) is 3. The molecule has 0 aliphatic rings. The van der Waals surface area contributed by atoms with E-state index in [0.717, 1.165) is 6.42 Å². The Kier molecular flexibility index (Phi) is 6.19. The van der Waals surface area contributed by atoms with E-state index in [0.29, 0.717) is 5.78 Å². The lowest BCUT2D eigenvalue weighted by molar-refractivity contribution is -0.120. The first kappa shape index (κ1) is 10.7. The van der Waals surface area contributed by atoms with Crippen molar-refractivity contribution in [3.8, 4) is 0 Å². The molecule has 0 saturated carbocycles. The maximum atomic E-state index is 10.8. The first-order chi connectivity index (χ1) is 5.18. The second-order valence-electron chi connectivity index (χ2n) is 3.36. The highest BCUT2D eigenvalue weighted by Crippen LogP contribution is 2.10. The van der Waals surface area contributed by atoms with Gasteiger partial charge in [0.1, 0.15) is 5.78 Å². The summed E-state index contributed by atoms with van der Waals surface area (Å²) in [6.07, 6.45) is 6.16. The first-order valence-corrected chi connectivity index (χ1v) is 4.69. The third kappa shape index (κ3) is 6.08. The molecule has 0 aliphatic heterocycles. The Morgan fingerprint density at radius 1 is 1.27 bits per heavy atom. The highest BCUT2D eigenvalue weighted by Gasteiger charge is 2.05. The summed E-state index contributed by atoms with van der Waals surface area (Å²) in [5.74, 6) is 0.619. The highest BCUT2D eigenvalue weighted by molar-refractivity contribution is 5.77. The zero-order valence-electron chi connectivity index (χ0n) is 8.02. The van der Waals surface area contributed by atoms with Crippen molar-refractivity contribution in [3.05, 3.63) is 0 Å². The minimum Gasteiger partial charge on any atom is -0.300 e. The Morgan fingerprint density at radius 3 is 2.36 bits per heavy atom. The molecule has 11 heavy (non-hydrogen) atoms. The van der Waals surface area contributed by atoms with Crippen LogP contribution in [0.2, 0.25) is 0 Å². The molecule has 0 aromatic rings. The van der Waals surface area contributed by atoms with Crippen LogP contribution in [-0.4, -0.2) is 5.78 Å². The number of hydrogen-bond donors (Lipinski definition) is 0. The predicted octanol–water partition coefficient (Wildman–Crippen LogP) is 3.18. The van der Waals surface area contributed by atoms with Crippen molar-refractivity contribution in [2.45, 2.75) is 52.9 Å². The van der Waals surface area contributed by atoms with E-state index >= 15 is 0 Å². The molecule has 0 amide bonds. The van der Waals surface area contributed by atoms with Gasteiger partial charge in [0.2, 0.25) is 0 Å². The standard InChI is InChI=1S/C10H20O/c1-4-5-6-7-8-9(2)10(3)11/h9H,4-8H2,1-3H3. The Bertz CT molecular complexity index is 107. The van der Waals surface area contributed by atoms with Gasteiger partial charge >= 0.3 is 0 Å². The Labute approximate surface area is 70.2 Å². The van der Waals surface area contributed by atoms with E-state index in [1.54, 1.807) is 6.92 Å². The summed E-state index contributed by atoms with van der Waals surface area (Å²) in [6.45, 7) is 5.91. The minimum atomic E-state index is 0.284. The summed E-state index contributed by atoms with van der Waals surface area (Å²) >= 11 is 0. The van der Waals surface area contributed by atoms with E-state index in [1.807, 2.05) is 6.92 Å². The van der Waals surface area contributed by atoms with Gasteiger partial charge in [0.15, 0.2) is 0 Å². The monoisotopic (exact) mass is 156 g/mol. The predicted molar refractivity (Wildman–Crippen MR) is 48.6 cm³/mol. The molecular weight excluding hydrogens is 136 g/mol. The summed E-state index contributed by atoms with van der Waals surface area (Å²) < 4.78 is 0. The largest absolute Gasteiger partial charge is 0.300 e. The van der Waals surface area contributed by atoms with Crippen molar-refractivity contribution >= 4 is 5.78 Å². The second kappa shape index (κ2) is 6.38. The van der Waals surface area contributed by atoms with Crippen molar-refractivity contribution in [2.75, 3.05) is 0 Å². The molecule has 0 fully saturated rings. The molecule has 1 unspecified atom stereocenters. The molecule has 0 bridgehead atoms. The van der Waals surface area contributed by atoms with Crippen molar-refractivity contribution in [1.82, 2.24) is 0 Å². The van der Waals surface area contributed by atoms with Gasteiger partial charge in [-0.2, -0.15) is 0 Å². The summed E-state index contributed by atoms with van der Waals surface area (Å²) in [7, 11) is 0. The number of rotatable bonds is 6.